The zero-order valence-electron chi connectivity index (χ0n) is 9.16. The molecular weight excluding hydrogens is 192 g/mol. The van der Waals surface area contributed by atoms with Crippen LogP contribution < -0.4 is 4.74 Å². The van der Waals surface area contributed by atoms with E-state index in [1.165, 1.54) is 5.56 Å². The molecule has 15 heavy (non-hydrogen) atoms. The van der Waals surface area contributed by atoms with Crippen LogP contribution in [-0.4, -0.2) is 20.2 Å². The predicted octanol–water partition coefficient (Wildman–Crippen LogP) is 2.43. The van der Waals surface area contributed by atoms with E-state index < -0.39 is 0 Å². The maximum atomic E-state index is 10.7. The van der Waals surface area contributed by atoms with Gasteiger partial charge in [-0.15, -0.1) is 0 Å². The maximum absolute atomic E-state index is 10.7. The van der Waals surface area contributed by atoms with Gasteiger partial charge in [-0.2, -0.15) is 0 Å². The number of rotatable bonds is 6. The van der Waals surface area contributed by atoms with Gasteiger partial charge in [-0.25, -0.2) is 0 Å². The molecule has 3 nitrogen and oxygen atoms in total. The van der Waals surface area contributed by atoms with Crippen LogP contribution in [0.5, 0.6) is 5.75 Å². The van der Waals surface area contributed by atoms with Gasteiger partial charge in [0.05, 0.1) is 5.56 Å². The molecule has 1 rings (SSSR count). The van der Waals surface area contributed by atoms with E-state index in [1.807, 2.05) is 12.1 Å². The Morgan fingerprint density at radius 1 is 1.40 bits per heavy atom. The van der Waals surface area contributed by atoms with Crippen LogP contribution in [0.2, 0.25) is 0 Å². The third-order valence-corrected chi connectivity index (χ3v) is 2.08. The summed E-state index contributed by atoms with van der Waals surface area (Å²) in [5, 5.41) is 0. The van der Waals surface area contributed by atoms with E-state index in [-0.39, 0.29) is 6.79 Å². The molecule has 0 N–H and O–H groups in total. The van der Waals surface area contributed by atoms with Crippen molar-refractivity contribution in [1.82, 2.24) is 0 Å². The molecule has 82 valence electrons. The fourth-order valence-corrected chi connectivity index (χ4v) is 1.37. The smallest absolute Gasteiger partial charge is 0.188 e. The molecule has 1 aromatic rings. The van der Waals surface area contributed by atoms with Crippen molar-refractivity contribution >= 4 is 6.29 Å². The van der Waals surface area contributed by atoms with Gasteiger partial charge < -0.3 is 9.47 Å². The monoisotopic (exact) mass is 208 g/mol. The molecule has 1 aromatic carbocycles. The molecule has 0 amide bonds. The summed E-state index contributed by atoms with van der Waals surface area (Å²) in [6.45, 7) is 2.28. The van der Waals surface area contributed by atoms with Crippen LogP contribution in [-0.2, 0) is 11.2 Å². The molecular formula is C12H16O3. The van der Waals surface area contributed by atoms with Crippen LogP contribution >= 0.6 is 0 Å². The Balaban J connectivity index is 2.86. The molecule has 0 spiro atoms. The number of methoxy groups -OCH3 is 1. The Morgan fingerprint density at radius 3 is 2.80 bits per heavy atom. The second-order valence-corrected chi connectivity index (χ2v) is 3.29. The van der Waals surface area contributed by atoms with E-state index >= 15 is 0 Å². The molecule has 0 aliphatic heterocycles. The van der Waals surface area contributed by atoms with Crippen molar-refractivity contribution in [2.24, 2.45) is 0 Å². The van der Waals surface area contributed by atoms with Crippen molar-refractivity contribution in [2.45, 2.75) is 19.8 Å². The number of carbonyl (C=O) groups excluding carboxylic acids is 1. The first-order chi connectivity index (χ1) is 7.31. The third-order valence-electron chi connectivity index (χ3n) is 2.08. The molecule has 0 heterocycles. The summed E-state index contributed by atoms with van der Waals surface area (Å²) < 4.78 is 10.1. The average molecular weight is 208 g/mol. The first-order valence-electron chi connectivity index (χ1n) is 5.01. The molecule has 0 aliphatic carbocycles. The Bertz CT molecular complexity index is 321. The zero-order valence-corrected chi connectivity index (χ0v) is 9.16. The van der Waals surface area contributed by atoms with E-state index in [9.17, 15) is 4.79 Å². The highest BCUT2D eigenvalue weighted by Crippen LogP contribution is 2.19. The average Bonchev–Trinajstić information content (AvgIpc) is 2.27. The van der Waals surface area contributed by atoms with E-state index in [2.05, 4.69) is 6.92 Å². The highest BCUT2D eigenvalue weighted by Gasteiger charge is 2.04. The lowest BCUT2D eigenvalue weighted by Gasteiger charge is -2.08. The highest BCUT2D eigenvalue weighted by atomic mass is 16.7. The zero-order chi connectivity index (χ0) is 11.1. The topological polar surface area (TPSA) is 35.5 Å². The number of hydrogen-bond acceptors (Lipinski definition) is 3. The number of benzene rings is 1. The molecule has 3 heteroatoms. The minimum absolute atomic E-state index is 0.163. The fourth-order valence-electron chi connectivity index (χ4n) is 1.37. The number of aldehydes is 1. The minimum atomic E-state index is 0.163. The SMILES string of the molecule is CCCc1ccc(C=O)c(OCOC)c1. The summed E-state index contributed by atoms with van der Waals surface area (Å²) in [5.41, 5.74) is 1.74. The summed E-state index contributed by atoms with van der Waals surface area (Å²) in [6, 6.07) is 5.63. The van der Waals surface area contributed by atoms with E-state index in [0.717, 1.165) is 19.1 Å². The second kappa shape index (κ2) is 6.19. The van der Waals surface area contributed by atoms with Crippen LogP contribution in [0.4, 0.5) is 0 Å². The van der Waals surface area contributed by atoms with Gasteiger partial charge in [0, 0.05) is 7.11 Å². The third kappa shape index (κ3) is 3.36. The molecule has 0 aromatic heterocycles. The van der Waals surface area contributed by atoms with Crippen molar-refractivity contribution in [3.63, 3.8) is 0 Å². The van der Waals surface area contributed by atoms with Crippen LogP contribution in [0.25, 0.3) is 0 Å². The molecule has 0 unspecified atom stereocenters. The molecule has 0 bridgehead atoms. The Hall–Kier alpha value is -1.35. The Kier molecular flexibility index (Phi) is 4.84. The molecule has 0 atom stereocenters. The van der Waals surface area contributed by atoms with Crippen molar-refractivity contribution in [2.75, 3.05) is 13.9 Å². The molecule has 0 radical (unpaired) electrons. The molecule has 0 saturated carbocycles. The molecule has 0 aliphatic rings. The Morgan fingerprint density at radius 2 is 2.20 bits per heavy atom. The van der Waals surface area contributed by atoms with Crippen molar-refractivity contribution in [3.05, 3.63) is 29.3 Å². The first-order valence-corrected chi connectivity index (χ1v) is 5.01. The summed E-state index contributed by atoms with van der Waals surface area (Å²) in [4.78, 5) is 10.7. The fraction of sp³-hybridized carbons (Fsp3) is 0.417. The quantitative estimate of drug-likeness (QED) is 0.532. The van der Waals surface area contributed by atoms with Crippen molar-refractivity contribution in [3.8, 4) is 5.75 Å². The Labute approximate surface area is 90.0 Å². The summed E-state index contributed by atoms with van der Waals surface area (Å²) in [5.74, 6) is 0.595. The van der Waals surface area contributed by atoms with E-state index in [1.54, 1.807) is 13.2 Å². The van der Waals surface area contributed by atoms with Crippen molar-refractivity contribution < 1.29 is 14.3 Å². The van der Waals surface area contributed by atoms with Gasteiger partial charge in [0.25, 0.3) is 0 Å². The maximum Gasteiger partial charge on any atom is 0.188 e. The lowest BCUT2D eigenvalue weighted by molar-refractivity contribution is 0.0505. The van der Waals surface area contributed by atoms with Gasteiger partial charge in [0.2, 0.25) is 0 Å². The minimum Gasteiger partial charge on any atom is -0.467 e. The number of carbonyl (C=O) groups is 1. The van der Waals surface area contributed by atoms with E-state index in [0.29, 0.717) is 11.3 Å². The van der Waals surface area contributed by atoms with Crippen molar-refractivity contribution in [1.29, 1.82) is 0 Å². The molecule has 0 fully saturated rings. The summed E-state index contributed by atoms with van der Waals surface area (Å²) in [6.07, 6.45) is 2.85. The van der Waals surface area contributed by atoms with Gasteiger partial charge in [-0.3, -0.25) is 4.79 Å². The van der Waals surface area contributed by atoms with Crippen LogP contribution in [0.15, 0.2) is 18.2 Å². The van der Waals surface area contributed by atoms with Gasteiger partial charge >= 0.3 is 0 Å². The standard InChI is InChI=1S/C12H16O3/c1-3-4-10-5-6-11(8-13)12(7-10)15-9-14-2/h5-8H,3-4,9H2,1-2H3. The highest BCUT2D eigenvalue weighted by molar-refractivity contribution is 5.79. The van der Waals surface area contributed by atoms with Gasteiger partial charge in [0.15, 0.2) is 13.1 Å². The number of hydrogen-bond donors (Lipinski definition) is 0. The van der Waals surface area contributed by atoms with Crippen LogP contribution in [0, 0.1) is 0 Å². The second-order valence-electron chi connectivity index (χ2n) is 3.29. The van der Waals surface area contributed by atoms with Gasteiger partial charge in [-0.1, -0.05) is 19.4 Å². The van der Waals surface area contributed by atoms with Gasteiger partial charge in [0.1, 0.15) is 5.75 Å². The number of aryl methyl sites for hydroxylation is 1. The normalized spacial score (nSPS) is 10.0. The van der Waals surface area contributed by atoms with Crippen LogP contribution in [0.3, 0.4) is 0 Å². The largest absolute Gasteiger partial charge is 0.467 e. The summed E-state index contributed by atoms with van der Waals surface area (Å²) in [7, 11) is 1.55. The summed E-state index contributed by atoms with van der Waals surface area (Å²) >= 11 is 0. The first kappa shape index (κ1) is 11.7. The predicted molar refractivity (Wildman–Crippen MR) is 58.3 cm³/mol. The van der Waals surface area contributed by atoms with Gasteiger partial charge in [-0.05, 0) is 24.1 Å². The van der Waals surface area contributed by atoms with E-state index in [4.69, 9.17) is 9.47 Å². The lowest BCUT2D eigenvalue weighted by atomic mass is 10.1. The lowest BCUT2D eigenvalue weighted by Crippen LogP contribution is -2.02. The number of ether oxygens (including phenoxy) is 2. The molecule has 0 saturated heterocycles. The van der Waals surface area contributed by atoms with Crippen LogP contribution in [0.1, 0.15) is 29.3 Å².